The standard InChI is InChI=1S/C16H15BrClNO4/c1-8-14(16(21)22-3)9(2)19-15(8)12(20)7-23-13-5-4-10(17)6-11(13)18/h4-6,19H,7H2,1-3H3. The van der Waals surface area contributed by atoms with Gasteiger partial charge in [0.25, 0.3) is 0 Å². The van der Waals surface area contributed by atoms with Gasteiger partial charge in [0.15, 0.2) is 6.61 Å². The summed E-state index contributed by atoms with van der Waals surface area (Å²) in [5, 5.41) is 0.404. The van der Waals surface area contributed by atoms with Crippen LogP contribution in [0.4, 0.5) is 0 Å². The van der Waals surface area contributed by atoms with Gasteiger partial charge in [0.05, 0.1) is 23.4 Å². The number of carbonyl (C=O) groups is 2. The van der Waals surface area contributed by atoms with Gasteiger partial charge in [0, 0.05) is 10.2 Å². The van der Waals surface area contributed by atoms with E-state index in [2.05, 4.69) is 20.9 Å². The van der Waals surface area contributed by atoms with Gasteiger partial charge in [-0.3, -0.25) is 4.79 Å². The van der Waals surface area contributed by atoms with E-state index in [1.165, 1.54) is 7.11 Å². The van der Waals surface area contributed by atoms with Crippen LogP contribution in [0.3, 0.4) is 0 Å². The van der Waals surface area contributed by atoms with Crippen molar-refractivity contribution in [3.63, 3.8) is 0 Å². The van der Waals surface area contributed by atoms with Crippen LogP contribution in [-0.2, 0) is 4.74 Å². The molecule has 122 valence electrons. The molecule has 7 heteroatoms. The summed E-state index contributed by atoms with van der Waals surface area (Å²) < 4.78 is 11.0. The second-order valence-electron chi connectivity index (χ2n) is 4.90. The summed E-state index contributed by atoms with van der Waals surface area (Å²) in [5.41, 5.74) is 1.83. The van der Waals surface area contributed by atoms with Crippen molar-refractivity contribution in [2.24, 2.45) is 0 Å². The molecule has 1 aromatic carbocycles. The summed E-state index contributed by atoms with van der Waals surface area (Å²) in [5.74, 6) is -0.343. The molecule has 0 amide bonds. The third kappa shape index (κ3) is 3.76. The first-order chi connectivity index (χ1) is 10.8. The highest BCUT2D eigenvalue weighted by atomic mass is 79.9. The van der Waals surface area contributed by atoms with Gasteiger partial charge >= 0.3 is 5.97 Å². The molecule has 0 aliphatic heterocycles. The molecule has 1 heterocycles. The summed E-state index contributed by atoms with van der Waals surface area (Å²) in [7, 11) is 1.30. The van der Waals surface area contributed by atoms with Gasteiger partial charge in [-0.25, -0.2) is 4.79 Å². The van der Waals surface area contributed by atoms with Crippen LogP contribution in [0, 0.1) is 13.8 Å². The number of benzene rings is 1. The second kappa shape index (κ2) is 7.19. The fourth-order valence-corrected chi connectivity index (χ4v) is 2.97. The number of rotatable bonds is 5. The average molecular weight is 401 g/mol. The predicted octanol–water partition coefficient (Wildman–Crippen LogP) is 4.10. The number of Topliss-reactive ketones (excluding diaryl/α,β-unsaturated/α-hetero) is 1. The monoisotopic (exact) mass is 399 g/mol. The lowest BCUT2D eigenvalue weighted by Crippen LogP contribution is -2.13. The Morgan fingerprint density at radius 2 is 2.00 bits per heavy atom. The molecule has 0 saturated carbocycles. The molecular formula is C16H15BrClNO4. The molecule has 0 fully saturated rings. The zero-order valence-electron chi connectivity index (χ0n) is 12.8. The van der Waals surface area contributed by atoms with Gasteiger partial charge in [-0.15, -0.1) is 0 Å². The molecule has 0 saturated heterocycles. The number of ether oxygens (including phenoxy) is 2. The lowest BCUT2D eigenvalue weighted by atomic mass is 10.1. The van der Waals surface area contributed by atoms with Crippen LogP contribution in [0.2, 0.25) is 5.02 Å². The summed E-state index contributed by atoms with van der Waals surface area (Å²) in [6.45, 7) is 3.21. The SMILES string of the molecule is COC(=O)c1c(C)[nH]c(C(=O)COc2ccc(Br)cc2Cl)c1C. The summed E-state index contributed by atoms with van der Waals surface area (Å²) in [6, 6.07) is 5.12. The molecule has 0 bridgehead atoms. The van der Waals surface area contributed by atoms with Crippen molar-refractivity contribution in [2.75, 3.05) is 13.7 Å². The maximum Gasteiger partial charge on any atom is 0.339 e. The predicted molar refractivity (Wildman–Crippen MR) is 90.6 cm³/mol. The molecule has 0 atom stereocenters. The highest BCUT2D eigenvalue weighted by Crippen LogP contribution is 2.28. The lowest BCUT2D eigenvalue weighted by Gasteiger charge is -2.07. The lowest BCUT2D eigenvalue weighted by molar-refractivity contribution is 0.0599. The number of esters is 1. The van der Waals surface area contributed by atoms with Crippen LogP contribution in [0.5, 0.6) is 5.75 Å². The van der Waals surface area contributed by atoms with Crippen molar-refractivity contribution >= 4 is 39.3 Å². The topological polar surface area (TPSA) is 68.4 Å². The van der Waals surface area contributed by atoms with Crippen molar-refractivity contribution in [1.82, 2.24) is 4.98 Å². The number of hydrogen-bond acceptors (Lipinski definition) is 4. The van der Waals surface area contributed by atoms with E-state index in [1.807, 2.05) is 0 Å². The number of aryl methyl sites for hydroxylation is 1. The Bertz CT molecular complexity index is 770. The number of carbonyl (C=O) groups excluding carboxylic acids is 2. The van der Waals surface area contributed by atoms with Crippen LogP contribution >= 0.6 is 27.5 Å². The van der Waals surface area contributed by atoms with Gasteiger partial charge in [0.1, 0.15) is 5.75 Å². The first kappa shape index (κ1) is 17.6. The van der Waals surface area contributed by atoms with E-state index in [9.17, 15) is 9.59 Å². The quantitative estimate of drug-likeness (QED) is 0.606. The van der Waals surface area contributed by atoms with Gasteiger partial charge in [0.2, 0.25) is 5.78 Å². The Morgan fingerprint density at radius 3 is 2.61 bits per heavy atom. The molecule has 1 aromatic heterocycles. The van der Waals surface area contributed by atoms with E-state index in [0.29, 0.717) is 33.3 Å². The highest BCUT2D eigenvalue weighted by Gasteiger charge is 2.22. The zero-order chi connectivity index (χ0) is 17.1. The number of aromatic nitrogens is 1. The van der Waals surface area contributed by atoms with Gasteiger partial charge in [-0.05, 0) is 37.6 Å². The summed E-state index contributed by atoms with van der Waals surface area (Å²) in [4.78, 5) is 27.0. The molecule has 0 radical (unpaired) electrons. The van der Waals surface area contributed by atoms with Crippen LogP contribution in [0.1, 0.15) is 32.1 Å². The minimum absolute atomic E-state index is 0.192. The molecule has 5 nitrogen and oxygen atoms in total. The summed E-state index contributed by atoms with van der Waals surface area (Å²) >= 11 is 9.34. The zero-order valence-corrected chi connectivity index (χ0v) is 15.2. The molecular weight excluding hydrogens is 386 g/mol. The van der Waals surface area contributed by atoms with Crippen LogP contribution < -0.4 is 4.74 Å². The van der Waals surface area contributed by atoms with Crippen molar-refractivity contribution in [1.29, 1.82) is 0 Å². The van der Waals surface area contributed by atoms with E-state index in [1.54, 1.807) is 32.0 Å². The fourth-order valence-electron chi connectivity index (χ4n) is 2.24. The number of methoxy groups -OCH3 is 1. The van der Waals surface area contributed by atoms with E-state index in [0.717, 1.165) is 4.47 Å². The maximum atomic E-state index is 12.3. The second-order valence-corrected chi connectivity index (χ2v) is 6.23. The van der Waals surface area contributed by atoms with Crippen LogP contribution in [0.15, 0.2) is 22.7 Å². The molecule has 0 spiro atoms. The molecule has 2 aromatic rings. The minimum Gasteiger partial charge on any atom is -0.484 e. The number of halogens is 2. The Hall–Kier alpha value is -1.79. The largest absolute Gasteiger partial charge is 0.484 e. The Kier molecular flexibility index (Phi) is 5.49. The van der Waals surface area contributed by atoms with Crippen molar-refractivity contribution in [3.8, 4) is 5.75 Å². The van der Waals surface area contributed by atoms with Crippen LogP contribution in [-0.4, -0.2) is 30.5 Å². The van der Waals surface area contributed by atoms with Gasteiger partial charge < -0.3 is 14.5 Å². The number of H-pyrrole nitrogens is 1. The number of ketones is 1. The van der Waals surface area contributed by atoms with E-state index in [-0.39, 0.29) is 12.4 Å². The van der Waals surface area contributed by atoms with Crippen LogP contribution in [0.25, 0.3) is 0 Å². The Morgan fingerprint density at radius 1 is 1.30 bits per heavy atom. The normalized spacial score (nSPS) is 10.5. The smallest absolute Gasteiger partial charge is 0.339 e. The van der Waals surface area contributed by atoms with Crippen molar-refractivity contribution < 1.29 is 19.1 Å². The molecule has 2 rings (SSSR count). The van der Waals surface area contributed by atoms with E-state index in [4.69, 9.17) is 21.1 Å². The molecule has 0 aliphatic rings. The third-order valence-corrected chi connectivity index (χ3v) is 4.15. The Balaban J connectivity index is 2.17. The minimum atomic E-state index is -0.479. The number of hydrogen-bond donors (Lipinski definition) is 1. The summed E-state index contributed by atoms with van der Waals surface area (Å²) in [6.07, 6.45) is 0. The molecule has 23 heavy (non-hydrogen) atoms. The van der Waals surface area contributed by atoms with E-state index >= 15 is 0 Å². The number of nitrogens with one attached hydrogen (secondary N) is 1. The van der Waals surface area contributed by atoms with Crippen molar-refractivity contribution in [3.05, 3.63) is 50.2 Å². The Labute approximate surface area is 147 Å². The first-order valence-corrected chi connectivity index (χ1v) is 7.90. The molecule has 0 unspecified atom stereocenters. The number of aromatic amines is 1. The van der Waals surface area contributed by atoms with Crippen molar-refractivity contribution in [2.45, 2.75) is 13.8 Å². The first-order valence-electron chi connectivity index (χ1n) is 6.73. The third-order valence-electron chi connectivity index (χ3n) is 3.36. The molecule has 1 N–H and O–H groups in total. The maximum absolute atomic E-state index is 12.3. The van der Waals surface area contributed by atoms with Gasteiger partial charge in [-0.1, -0.05) is 27.5 Å². The average Bonchev–Trinajstić information content (AvgIpc) is 2.80. The van der Waals surface area contributed by atoms with E-state index < -0.39 is 5.97 Å². The molecule has 0 aliphatic carbocycles. The highest BCUT2D eigenvalue weighted by molar-refractivity contribution is 9.10. The van der Waals surface area contributed by atoms with Gasteiger partial charge in [-0.2, -0.15) is 0 Å². The fraction of sp³-hybridized carbons (Fsp3) is 0.250.